The molecule has 0 saturated heterocycles. The molecule has 1 aromatic rings. The third-order valence-corrected chi connectivity index (χ3v) is 3.96. The predicted molar refractivity (Wildman–Crippen MR) is 62.6 cm³/mol. The van der Waals surface area contributed by atoms with Gasteiger partial charge in [-0.3, -0.25) is 0 Å². The van der Waals surface area contributed by atoms with Gasteiger partial charge in [0.15, 0.2) is 0 Å². The van der Waals surface area contributed by atoms with Gasteiger partial charge in [0.05, 0.1) is 10.0 Å². The average Bonchev–Trinajstić information content (AvgIpc) is 2.97. The molecule has 0 heterocycles. The third-order valence-electron chi connectivity index (χ3n) is 3.19. The summed E-state index contributed by atoms with van der Waals surface area (Å²) < 4.78 is 14.1. The third kappa shape index (κ3) is 1.62. The van der Waals surface area contributed by atoms with E-state index in [1.807, 2.05) is 13.8 Å². The van der Waals surface area contributed by atoms with Gasteiger partial charge in [0, 0.05) is 5.56 Å². The Morgan fingerprint density at radius 3 is 2.62 bits per heavy atom. The molecule has 0 aromatic heterocycles. The number of isocyanates is 1. The molecule has 16 heavy (non-hydrogen) atoms. The van der Waals surface area contributed by atoms with Crippen LogP contribution in [0.3, 0.4) is 0 Å². The molecule has 2 nitrogen and oxygen atoms in total. The molecule has 0 N–H and O–H groups in total. The van der Waals surface area contributed by atoms with Crippen LogP contribution >= 0.6 is 15.9 Å². The Morgan fingerprint density at radius 2 is 2.12 bits per heavy atom. The zero-order valence-electron chi connectivity index (χ0n) is 9.10. The average molecular weight is 284 g/mol. The van der Waals surface area contributed by atoms with Gasteiger partial charge in [-0.15, -0.1) is 0 Å². The maximum absolute atomic E-state index is 13.6. The molecule has 1 fully saturated rings. The number of carbonyl (C=O) groups excluding carboxylic acids is 1. The van der Waals surface area contributed by atoms with Crippen molar-refractivity contribution in [1.29, 1.82) is 0 Å². The smallest absolute Gasteiger partial charge is 0.211 e. The Hall–Kier alpha value is -0.990. The highest BCUT2D eigenvalue weighted by Crippen LogP contribution is 2.53. The molecule has 0 radical (unpaired) electrons. The summed E-state index contributed by atoms with van der Waals surface area (Å²) >= 11 is 3.25. The second kappa shape index (κ2) is 3.79. The highest BCUT2D eigenvalue weighted by atomic mass is 79.9. The van der Waals surface area contributed by atoms with Crippen molar-refractivity contribution in [3.8, 4) is 0 Å². The van der Waals surface area contributed by atoms with Crippen LogP contribution in [0.5, 0.6) is 0 Å². The molecule has 1 aromatic carbocycles. The number of rotatable bonds is 2. The minimum absolute atomic E-state index is 0.300. The summed E-state index contributed by atoms with van der Waals surface area (Å²) in [6.07, 6.45) is 3.16. The Kier molecular flexibility index (Phi) is 2.72. The maximum atomic E-state index is 13.6. The molecule has 84 valence electrons. The van der Waals surface area contributed by atoms with E-state index in [0.29, 0.717) is 4.47 Å². The van der Waals surface area contributed by atoms with E-state index < -0.39 is 5.54 Å². The Labute approximate surface area is 102 Å². The molecule has 0 atom stereocenters. The summed E-state index contributed by atoms with van der Waals surface area (Å²) in [6.45, 7) is 3.78. The van der Waals surface area contributed by atoms with Crippen molar-refractivity contribution in [2.75, 3.05) is 0 Å². The fraction of sp³-hybridized carbons (Fsp3) is 0.417. The summed E-state index contributed by atoms with van der Waals surface area (Å²) in [5, 5.41) is 0. The van der Waals surface area contributed by atoms with Crippen LogP contribution in [-0.4, -0.2) is 6.08 Å². The molecular weight excluding hydrogens is 273 g/mol. The van der Waals surface area contributed by atoms with Crippen LogP contribution in [0, 0.1) is 19.7 Å². The number of nitrogens with zero attached hydrogens (tertiary/aromatic N) is 1. The van der Waals surface area contributed by atoms with Gasteiger partial charge >= 0.3 is 0 Å². The van der Waals surface area contributed by atoms with E-state index in [1.165, 1.54) is 6.07 Å². The van der Waals surface area contributed by atoms with E-state index in [4.69, 9.17) is 0 Å². The fourth-order valence-corrected chi connectivity index (χ4v) is 2.80. The first-order valence-electron chi connectivity index (χ1n) is 5.06. The van der Waals surface area contributed by atoms with Crippen LogP contribution in [0.1, 0.15) is 29.5 Å². The number of aliphatic imine (C=N–C) groups is 1. The van der Waals surface area contributed by atoms with Crippen LogP contribution in [0.15, 0.2) is 15.5 Å². The van der Waals surface area contributed by atoms with Crippen LogP contribution in [0.2, 0.25) is 0 Å². The van der Waals surface area contributed by atoms with Gasteiger partial charge in [0.2, 0.25) is 6.08 Å². The summed E-state index contributed by atoms with van der Waals surface area (Å²) in [5.74, 6) is -0.300. The molecule has 1 aliphatic rings. The first kappa shape index (κ1) is 11.5. The summed E-state index contributed by atoms with van der Waals surface area (Å²) in [6, 6.07) is 1.49. The molecule has 0 bridgehead atoms. The van der Waals surface area contributed by atoms with Crippen molar-refractivity contribution in [3.63, 3.8) is 0 Å². The van der Waals surface area contributed by atoms with E-state index in [1.54, 1.807) is 6.08 Å². The molecular formula is C12H11BrFNO. The molecule has 0 aliphatic heterocycles. The van der Waals surface area contributed by atoms with E-state index in [-0.39, 0.29) is 5.82 Å². The zero-order chi connectivity index (χ0) is 11.9. The standard InChI is InChI=1S/C12H11BrFNO/c1-7-5-9(14)11(13)10(8(7)2)12(3-4-12)15-6-16/h5H,3-4H2,1-2H3. The number of hydrogen-bond acceptors (Lipinski definition) is 2. The van der Waals surface area contributed by atoms with Gasteiger partial charge in [-0.25, -0.2) is 9.18 Å². The lowest BCUT2D eigenvalue weighted by Crippen LogP contribution is -2.09. The molecule has 0 spiro atoms. The minimum Gasteiger partial charge on any atom is -0.211 e. The lowest BCUT2D eigenvalue weighted by Gasteiger charge is -2.16. The Morgan fingerprint density at radius 1 is 1.50 bits per heavy atom. The van der Waals surface area contributed by atoms with Gasteiger partial charge in [-0.1, -0.05) is 0 Å². The summed E-state index contributed by atoms with van der Waals surface area (Å²) in [4.78, 5) is 14.3. The summed E-state index contributed by atoms with van der Waals surface area (Å²) in [5.41, 5.74) is 2.14. The lowest BCUT2D eigenvalue weighted by molar-refractivity contribution is 0.554. The number of halogens is 2. The van der Waals surface area contributed by atoms with E-state index in [9.17, 15) is 9.18 Å². The van der Waals surface area contributed by atoms with Crippen molar-refractivity contribution >= 4 is 22.0 Å². The maximum Gasteiger partial charge on any atom is 0.235 e. The number of benzene rings is 1. The first-order valence-corrected chi connectivity index (χ1v) is 5.86. The van der Waals surface area contributed by atoms with Crippen molar-refractivity contribution in [2.24, 2.45) is 4.99 Å². The molecule has 4 heteroatoms. The quantitative estimate of drug-likeness (QED) is 0.603. The largest absolute Gasteiger partial charge is 0.235 e. The summed E-state index contributed by atoms with van der Waals surface area (Å²) in [7, 11) is 0. The molecule has 0 amide bonds. The van der Waals surface area contributed by atoms with Crippen LogP contribution in [-0.2, 0) is 10.3 Å². The fourth-order valence-electron chi connectivity index (χ4n) is 2.02. The normalized spacial score (nSPS) is 16.8. The molecule has 1 aliphatic carbocycles. The Bertz CT molecular complexity index is 476. The second-order valence-electron chi connectivity index (χ2n) is 4.22. The molecule has 2 rings (SSSR count). The SMILES string of the molecule is Cc1cc(F)c(Br)c(C2(N=C=O)CC2)c1C. The van der Waals surface area contributed by atoms with Gasteiger partial charge in [0.1, 0.15) is 5.82 Å². The zero-order valence-corrected chi connectivity index (χ0v) is 10.7. The number of aryl methyl sites for hydroxylation is 1. The topological polar surface area (TPSA) is 29.4 Å². The lowest BCUT2D eigenvalue weighted by atomic mass is 9.96. The van der Waals surface area contributed by atoms with Crippen LogP contribution in [0.4, 0.5) is 4.39 Å². The van der Waals surface area contributed by atoms with Gasteiger partial charge < -0.3 is 0 Å². The van der Waals surface area contributed by atoms with Crippen molar-refractivity contribution in [1.82, 2.24) is 0 Å². The Balaban J connectivity index is 2.69. The van der Waals surface area contributed by atoms with Crippen molar-refractivity contribution in [2.45, 2.75) is 32.2 Å². The van der Waals surface area contributed by atoms with Gasteiger partial charge in [-0.05, 0) is 59.8 Å². The van der Waals surface area contributed by atoms with Crippen LogP contribution < -0.4 is 0 Å². The highest BCUT2D eigenvalue weighted by Gasteiger charge is 2.47. The monoisotopic (exact) mass is 283 g/mol. The molecule has 0 unspecified atom stereocenters. The van der Waals surface area contributed by atoms with E-state index in [0.717, 1.165) is 29.5 Å². The van der Waals surface area contributed by atoms with Crippen LogP contribution in [0.25, 0.3) is 0 Å². The molecule has 1 saturated carbocycles. The minimum atomic E-state index is -0.530. The highest BCUT2D eigenvalue weighted by molar-refractivity contribution is 9.10. The van der Waals surface area contributed by atoms with Gasteiger partial charge in [-0.2, -0.15) is 4.99 Å². The van der Waals surface area contributed by atoms with Crippen molar-refractivity contribution in [3.05, 3.63) is 33.0 Å². The number of hydrogen-bond donors (Lipinski definition) is 0. The predicted octanol–water partition coefficient (Wildman–Crippen LogP) is 3.53. The van der Waals surface area contributed by atoms with E-state index in [2.05, 4.69) is 20.9 Å². The van der Waals surface area contributed by atoms with E-state index >= 15 is 0 Å². The van der Waals surface area contributed by atoms with Crippen molar-refractivity contribution < 1.29 is 9.18 Å². The first-order chi connectivity index (χ1) is 7.52. The van der Waals surface area contributed by atoms with Gasteiger partial charge in [0.25, 0.3) is 0 Å². The second-order valence-corrected chi connectivity index (χ2v) is 5.02.